The molecule has 0 saturated heterocycles. The summed E-state index contributed by atoms with van der Waals surface area (Å²) in [6.07, 6.45) is 1.90. The van der Waals surface area contributed by atoms with Crippen LogP contribution in [0.25, 0.3) is 0 Å². The first-order valence-corrected chi connectivity index (χ1v) is 4.45. The summed E-state index contributed by atoms with van der Waals surface area (Å²) >= 11 is 4.31. The highest BCUT2D eigenvalue weighted by atomic mass is 127. The number of alkyl halides is 1. The van der Waals surface area contributed by atoms with Crippen molar-refractivity contribution in [2.75, 3.05) is 0 Å². The van der Waals surface area contributed by atoms with Crippen LogP contribution >= 0.6 is 45.5 Å². The summed E-state index contributed by atoms with van der Waals surface area (Å²) in [5.41, 5.74) is 1.03. The fourth-order valence-corrected chi connectivity index (χ4v) is 1.10. The summed E-state index contributed by atoms with van der Waals surface area (Å²) in [4.78, 5) is 0. The molecule has 3 nitrogen and oxygen atoms in total. The molecule has 44 valence electrons. The summed E-state index contributed by atoms with van der Waals surface area (Å²) in [6, 6.07) is 0. The van der Waals surface area contributed by atoms with Crippen molar-refractivity contribution in [1.29, 1.82) is 0 Å². The number of hydrogen-bond donors (Lipinski definition) is 0. The van der Waals surface area contributed by atoms with Crippen LogP contribution in [0.1, 0.15) is 5.69 Å². The van der Waals surface area contributed by atoms with Crippen LogP contribution < -0.4 is 0 Å². The summed E-state index contributed by atoms with van der Waals surface area (Å²) in [6.45, 7) is 0. The van der Waals surface area contributed by atoms with Gasteiger partial charge in [-0.05, 0) is 0 Å². The van der Waals surface area contributed by atoms with Gasteiger partial charge in [0, 0.05) is 4.43 Å². The molecule has 0 saturated carbocycles. The van der Waals surface area contributed by atoms with Crippen LogP contribution in [0.15, 0.2) is 6.20 Å². The van der Waals surface area contributed by atoms with Gasteiger partial charge in [-0.25, -0.2) is 0 Å². The molecule has 0 spiro atoms. The Hall–Kier alpha value is 0.600. The third-order valence-corrected chi connectivity index (χ3v) is 1.90. The molecule has 0 unspecified atom stereocenters. The maximum Gasteiger partial charge on any atom is 0.0933 e. The molecule has 0 aliphatic heterocycles. The molecule has 1 heterocycles. The van der Waals surface area contributed by atoms with Crippen LogP contribution in [-0.4, -0.2) is 13.2 Å². The van der Waals surface area contributed by atoms with E-state index in [1.54, 1.807) is 2.90 Å². The maximum atomic E-state index is 3.83. The van der Waals surface area contributed by atoms with Crippen LogP contribution in [-0.2, 0) is 4.43 Å². The monoisotopic (exact) mass is 335 g/mol. The predicted molar refractivity (Wildman–Crippen MR) is 47.2 cm³/mol. The zero-order chi connectivity index (χ0) is 5.98. The minimum absolute atomic E-state index is 0.931. The van der Waals surface area contributed by atoms with Gasteiger partial charge in [-0.15, -0.1) is 5.10 Å². The summed E-state index contributed by atoms with van der Waals surface area (Å²) in [7, 11) is 0. The SMILES string of the molecule is ICc1cn(I)nn1. The highest BCUT2D eigenvalue weighted by Gasteiger charge is 1.92. The van der Waals surface area contributed by atoms with E-state index >= 15 is 0 Å². The summed E-state index contributed by atoms with van der Waals surface area (Å²) in [5.74, 6) is 0. The molecule has 1 aromatic heterocycles. The Kier molecular flexibility index (Phi) is 2.47. The van der Waals surface area contributed by atoms with Gasteiger partial charge in [0.1, 0.15) is 0 Å². The van der Waals surface area contributed by atoms with Crippen molar-refractivity contribution in [2.45, 2.75) is 4.43 Å². The van der Waals surface area contributed by atoms with Crippen LogP contribution in [0, 0.1) is 0 Å². The van der Waals surface area contributed by atoms with E-state index < -0.39 is 0 Å². The molecular weight excluding hydrogens is 332 g/mol. The van der Waals surface area contributed by atoms with Gasteiger partial charge in [-0.1, -0.05) is 27.8 Å². The molecule has 0 aliphatic carbocycles. The Morgan fingerprint density at radius 3 is 2.75 bits per heavy atom. The predicted octanol–water partition coefficient (Wildman–Crippen LogP) is 1.41. The Bertz CT molecular complexity index is 173. The highest BCUT2D eigenvalue weighted by molar-refractivity contribution is 14.1. The minimum atomic E-state index is 0.931. The molecule has 0 bridgehead atoms. The Labute approximate surface area is 74.5 Å². The van der Waals surface area contributed by atoms with Crippen molar-refractivity contribution < 1.29 is 0 Å². The van der Waals surface area contributed by atoms with Gasteiger partial charge in [0.05, 0.1) is 34.8 Å². The van der Waals surface area contributed by atoms with Crippen molar-refractivity contribution in [3.05, 3.63) is 11.9 Å². The van der Waals surface area contributed by atoms with E-state index in [0.29, 0.717) is 0 Å². The van der Waals surface area contributed by atoms with Gasteiger partial charge in [0.25, 0.3) is 0 Å². The van der Waals surface area contributed by atoms with Gasteiger partial charge in [-0.3, -0.25) is 0 Å². The average molecular weight is 335 g/mol. The quantitative estimate of drug-likeness (QED) is 0.574. The Balaban J connectivity index is 2.84. The van der Waals surface area contributed by atoms with E-state index in [0.717, 1.165) is 10.1 Å². The smallest absolute Gasteiger partial charge is 0.0933 e. The number of hydrogen-bond acceptors (Lipinski definition) is 2. The molecule has 0 aromatic carbocycles. The first-order valence-electron chi connectivity index (χ1n) is 1.96. The lowest BCUT2D eigenvalue weighted by molar-refractivity contribution is 0.909. The van der Waals surface area contributed by atoms with E-state index in [1.807, 2.05) is 6.20 Å². The van der Waals surface area contributed by atoms with Gasteiger partial charge < -0.3 is 0 Å². The molecule has 0 N–H and O–H groups in total. The van der Waals surface area contributed by atoms with E-state index in [9.17, 15) is 0 Å². The van der Waals surface area contributed by atoms with E-state index in [-0.39, 0.29) is 0 Å². The first-order chi connectivity index (χ1) is 3.83. The molecule has 0 radical (unpaired) electrons. The van der Waals surface area contributed by atoms with Crippen molar-refractivity contribution >= 4 is 45.5 Å². The van der Waals surface area contributed by atoms with E-state index in [2.05, 4.69) is 55.8 Å². The molecule has 8 heavy (non-hydrogen) atoms. The van der Waals surface area contributed by atoms with E-state index in [4.69, 9.17) is 0 Å². The van der Waals surface area contributed by atoms with Crippen LogP contribution in [0.4, 0.5) is 0 Å². The van der Waals surface area contributed by atoms with Crippen molar-refractivity contribution in [1.82, 2.24) is 13.2 Å². The third kappa shape index (κ3) is 1.54. The maximum absolute atomic E-state index is 3.83. The standard InChI is InChI=1S/C3H3I2N3/c4-1-3-2-8(5)7-6-3/h2H,1H2. The van der Waals surface area contributed by atoms with Crippen molar-refractivity contribution in [3.8, 4) is 0 Å². The minimum Gasteiger partial charge on any atom is -0.191 e. The zero-order valence-electron chi connectivity index (χ0n) is 3.88. The molecular formula is C3H3I2N3. The molecule has 0 fully saturated rings. The fourth-order valence-electron chi connectivity index (χ4n) is 0.336. The van der Waals surface area contributed by atoms with Crippen LogP contribution in [0.2, 0.25) is 0 Å². The largest absolute Gasteiger partial charge is 0.191 e. The number of rotatable bonds is 1. The van der Waals surface area contributed by atoms with Crippen molar-refractivity contribution in [2.24, 2.45) is 0 Å². The summed E-state index contributed by atoms with van der Waals surface area (Å²) < 4.78 is 2.60. The Morgan fingerprint density at radius 1 is 1.75 bits per heavy atom. The third-order valence-electron chi connectivity index (χ3n) is 0.651. The topological polar surface area (TPSA) is 30.7 Å². The Morgan fingerprint density at radius 2 is 2.50 bits per heavy atom. The zero-order valence-corrected chi connectivity index (χ0v) is 8.20. The van der Waals surface area contributed by atoms with Crippen LogP contribution in [0.3, 0.4) is 0 Å². The number of nitrogens with zero attached hydrogens (tertiary/aromatic N) is 3. The molecule has 1 aromatic rings. The number of aromatic nitrogens is 3. The highest BCUT2D eigenvalue weighted by Crippen LogP contribution is 2.00. The van der Waals surface area contributed by atoms with Gasteiger partial charge in [0.2, 0.25) is 0 Å². The van der Waals surface area contributed by atoms with E-state index in [1.165, 1.54) is 0 Å². The lowest BCUT2D eigenvalue weighted by atomic mass is 10.6. The number of halogens is 2. The molecule has 0 atom stereocenters. The second-order valence-electron chi connectivity index (χ2n) is 1.23. The molecule has 1 rings (SSSR count). The van der Waals surface area contributed by atoms with Gasteiger partial charge in [0.15, 0.2) is 0 Å². The lowest BCUT2D eigenvalue weighted by Gasteiger charge is -1.75. The lowest BCUT2D eigenvalue weighted by Crippen LogP contribution is -1.76. The molecule has 5 heteroatoms. The second-order valence-corrected chi connectivity index (χ2v) is 2.98. The first kappa shape index (κ1) is 6.72. The summed E-state index contributed by atoms with van der Waals surface area (Å²) in [5, 5.41) is 7.57. The van der Waals surface area contributed by atoms with Crippen molar-refractivity contribution in [3.63, 3.8) is 0 Å². The molecule has 0 aliphatic rings. The van der Waals surface area contributed by atoms with Gasteiger partial charge in [-0.2, -0.15) is 2.90 Å². The van der Waals surface area contributed by atoms with Crippen LogP contribution in [0.5, 0.6) is 0 Å². The normalized spacial score (nSPS) is 9.75. The average Bonchev–Trinajstić information content (AvgIpc) is 2.14. The van der Waals surface area contributed by atoms with Gasteiger partial charge >= 0.3 is 0 Å². The molecule has 0 amide bonds. The fraction of sp³-hybridized carbons (Fsp3) is 0.333. The second kappa shape index (κ2) is 2.95.